The monoisotopic (exact) mass is 436 g/mol. The van der Waals surface area contributed by atoms with Gasteiger partial charge in [-0.2, -0.15) is 5.10 Å². The van der Waals surface area contributed by atoms with Gasteiger partial charge in [-0.25, -0.2) is 5.43 Å². The summed E-state index contributed by atoms with van der Waals surface area (Å²) in [5, 5.41) is 7.62. The summed E-state index contributed by atoms with van der Waals surface area (Å²) in [6, 6.07) is 8.49. The van der Waals surface area contributed by atoms with Crippen molar-refractivity contribution in [2.24, 2.45) is 11.0 Å². The van der Waals surface area contributed by atoms with Gasteiger partial charge < -0.3 is 9.73 Å². The van der Waals surface area contributed by atoms with E-state index in [1.165, 1.54) is 6.21 Å². The minimum absolute atomic E-state index is 0.168. The summed E-state index contributed by atoms with van der Waals surface area (Å²) in [7, 11) is 0. The lowest BCUT2D eigenvalue weighted by atomic mass is 9.97. The maximum absolute atomic E-state index is 12.4. The minimum atomic E-state index is -0.234. The van der Waals surface area contributed by atoms with Crippen LogP contribution < -0.4 is 10.7 Å². The molecule has 1 aromatic carbocycles. The van der Waals surface area contributed by atoms with E-state index in [1.54, 1.807) is 24.3 Å². The Morgan fingerprint density at radius 3 is 2.90 bits per heavy atom. The summed E-state index contributed by atoms with van der Waals surface area (Å²) in [6.45, 7) is 3.23. The quantitative estimate of drug-likeness (QED) is 0.533. The van der Waals surface area contributed by atoms with Gasteiger partial charge in [0.25, 0.3) is 0 Å². The van der Waals surface area contributed by atoms with Gasteiger partial charge in [-0.05, 0) is 56.6 Å². The fourth-order valence-electron chi connectivity index (χ4n) is 3.17. The number of benzene rings is 1. The number of hydrogen-bond donors (Lipinski definition) is 2. The number of nitrogens with zero attached hydrogens (tertiary/aromatic N) is 2. The van der Waals surface area contributed by atoms with Gasteiger partial charge in [0, 0.05) is 11.6 Å². The molecule has 1 unspecified atom stereocenters. The maximum atomic E-state index is 12.4. The molecule has 1 fully saturated rings. The fraction of sp³-hybridized carbons (Fsp3) is 0.350. The number of halogens is 2. The Morgan fingerprint density at radius 1 is 1.31 bits per heavy atom. The Labute approximate surface area is 179 Å². The lowest BCUT2D eigenvalue weighted by Crippen LogP contribution is -2.44. The first kappa shape index (κ1) is 21.4. The molecule has 2 amide bonds. The van der Waals surface area contributed by atoms with Gasteiger partial charge in [-0.1, -0.05) is 23.2 Å². The minimum Gasteiger partial charge on any atom is -0.460 e. The summed E-state index contributed by atoms with van der Waals surface area (Å²) in [6.07, 6.45) is 3.04. The Balaban J connectivity index is 1.49. The summed E-state index contributed by atoms with van der Waals surface area (Å²) in [5.74, 6) is 0.734. The molecule has 1 aromatic heterocycles. The predicted octanol–water partition coefficient (Wildman–Crippen LogP) is 3.70. The molecule has 1 aliphatic heterocycles. The van der Waals surface area contributed by atoms with Crippen molar-refractivity contribution in [1.29, 1.82) is 0 Å². The second-order valence-corrected chi connectivity index (χ2v) is 7.77. The van der Waals surface area contributed by atoms with Crippen LogP contribution in [0.25, 0.3) is 0 Å². The molecule has 0 saturated carbocycles. The number of aryl methyl sites for hydroxylation is 1. The van der Waals surface area contributed by atoms with Crippen molar-refractivity contribution in [2.45, 2.75) is 19.8 Å². The van der Waals surface area contributed by atoms with E-state index in [0.717, 1.165) is 25.1 Å². The van der Waals surface area contributed by atoms with Gasteiger partial charge in [0.2, 0.25) is 11.8 Å². The average molecular weight is 437 g/mol. The number of carbonyl (C=O) groups excluding carboxylic acids is 2. The van der Waals surface area contributed by atoms with E-state index in [0.29, 0.717) is 28.0 Å². The van der Waals surface area contributed by atoms with E-state index >= 15 is 0 Å². The van der Waals surface area contributed by atoms with Crippen molar-refractivity contribution < 1.29 is 14.0 Å². The third kappa shape index (κ3) is 6.32. The molecule has 0 aliphatic carbocycles. The number of piperidine rings is 1. The van der Waals surface area contributed by atoms with Crippen LogP contribution >= 0.6 is 23.2 Å². The van der Waals surface area contributed by atoms with Crippen molar-refractivity contribution in [2.75, 3.05) is 25.0 Å². The van der Waals surface area contributed by atoms with Crippen molar-refractivity contribution in [1.82, 2.24) is 10.3 Å². The highest BCUT2D eigenvalue weighted by Gasteiger charge is 2.26. The zero-order valence-electron chi connectivity index (χ0n) is 16.0. The highest BCUT2D eigenvalue weighted by molar-refractivity contribution is 6.35. The van der Waals surface area contributed by atoms with Crippen LogP contribution in [0.1, 0.15) is 24.4 Å². The van der Waals surface area contributed by atoms with Crippen molar-refractivity contribution >= 4 is 46.9 Å². The van der Waals surface area contributed by atoms with Gasteiger partial charge in [-0.15, -0.1) is 0 Å². The molecule has 2 N–H and O–H groups in total. The van der Waals surface area contributed by atoms with E-state index in [-0.39, 0.29) is 24.3 Å². The first-order valence-electron chi connectivity index (χ1n) is 9.27. The van der Waals surface area contributed by atoms with Gasteiger partial charge in [0.15, 0.2) is 0 Å². The van der Waals surface area contributed by atoms with Gasteiger partial charge >= 0.3 is 0 Å². The Kier molecular flexibility index (Phi) is 7.30. The molecule has 0 spiro atoms. The number of furan rings is 1. The van der Waals surface area contributed by atoms with Crippen LogP contribution in [0, 0.1) is 12.8 Å². The molecule has 1 atom stereocenters. The number of likely N-dealkylation sites (tertiary alicyclic amines) is 1. The molecule has 9 heteroatoms. The van der Waals surface area contributed by atoms with E-state index in [1.807, 2.05) is 17.9 Å². The number of anilines is 1. The number of hydrazone groups is 1. The Morgan fingerprint density at radius 2 is 2.14 bits per heavy atom. The molecule has 1 saturated heterocycles. The van der Waals surface area contributed by atoms with Crippen LogP contribution in [0.15, 0.2) is 39.9 Å². The molecule has 2 aromatic rings. The zero-order chi connectivity index (χ0) is 20.8. The maximum Gasteiger partial charge on any atom is 0.244 e. The molecule has 29 heavy (non-hydrogen) atoms. The van der Waals surface area contributed by atoms with Gasteiger partial charge in [0.05, 0.1) is 29.4 Å². The average Bonchev–Trinajstić information content (AvgIpc) is 3.10. The van der Waals surface area contributed by atoms with E-state index < -0.39 is 0 Å². The third-order valence-electron chi connectivity index (χ3n) is 4.57. The third-order valence-corrected chi connectivity index (χ3v) is 5.14. The normalized spacial score (nSPS) is 17.4. The summed E-state index contributed by atoms with van der Waals surface area (Å²) in [5.41, 5.74) is 3.02. The highest BCUT2D eigenvalue weighted by Crippen LogP contribution is 2.25. The van der Waals surface area contributed by atoms with Crippen LogP contribution in [-0.2, 0) is 9.59 Å². The largest absolute Gasteiger partial charge is 0.460 e. The lowest BCUT2D eigenvalue weighted by molar-refractivity contribution is -0.127. The molecular formula is C20H22Cl2N4O3. The van der Waals surface area contributed by atoms with Crippen LogP contribution in [0.3, 0.4) is 0 Å². The second kappa shape index (κ2) is 9.91. The molecular weight excluding hydrogens is 415 g/mol. The summed E-state index contributed by atoms with van der Waals surface area (Å²) in [4.78, 5) is 26.7. The topological polar surface area (TPSA) is 86.9 Å². The standard InChI is InChI=1S/C20H22Cl2N4O3/c1-13-4-6-16(29-13)10-23-25-20(28)14-3-2-8-26(11-14)12-19(27)24-18-9-15(21)5-7-17(18)22/h4-7,9-10,14H,2-3,8,11-12H2,1H3,(H,24,27)(H,25,28)/b23-10+. The second-order valence-electron chi connectivity index (χ2n) is 6.93. The number of nitrogens with one attached hydrogen (secondary N) is 2. The number of rotatable bonds is 6. The molecule has 0 radical (unpaired) electrons. The van der Waals surface area contributed by atoms with Crippen LogP contribution in [0.5, 0.6) is 0 Å². The van der Waals surface area contributed by atoms with E-state index in [9.17, 15) is 9.59 Å². The molecule has 0 bridgehead atoms. The number of carbonyl (C=O) groups is 2. The van der Waals surface area contributed by atoms with Crippen LogP contribution in [-0.4, -0.2) is 42.6 Å². The Hall–Kier alpha value is -2.35. The van der Waals surface area contributed by atoms with E-state index in [2.05, 4.69) is 15.8 Å². The van der Waals surface area contributed by atoms with Crippen molar-refractivity contribution in [3.05, 3.63) is 51.9 Å². The fourth-order valence-corrected chi connectivity index (χ4v) is 3.51. The van der Waals surface area contributed by atoms with Crippen LogP contribution in [0.4, 0.5) is 5.69 Å². The highest BCUT2D eigenvalue weighted by atomic mass is 35.5. The summed E-state index contributed by atoms with van der Waals surface area (Å²) >= 11 is 12.0. The molecule has 3 rings (SSSR count). The van der Waals surface area contributed by atoms with E-state index in [4.69, 9.17) is 27.6 Å². The molecule has 1 aliphatic rings. The number of amides is 2. The molecule has 154 valence electrons. The first-order valence-corrected chi connectivity index (χ1v) is 10.0. The number of hydrogen-bond acceptors (Lipinski definition) is 5. The Bertz CT molecular complexity index is 913. The van der Waals surface area contributed by atoms with Crippen LogP contribution in [0.2, 0.25) is 10.0 Å². The summed E-state index contributed by atoms with van der Waals surface area (Å²) < 4.78 is 5.37. The van der Waals surface area contributed by atoms with Gasteiger partial charge in [-0.3, -0.25) is 14.5 Å². The predicted molar refractivity (Wildman–Crippen MR) is 113 cm³/mol. The first-order chi connectivity index (χ1) is 13.9. The smallest absolute Gasteiger partial charge is 0.244 e. The molecule has 7 nitrogen and oxygen atoms in total. The van der Waals surface area contributed by atoms with Crippen molar-refractivity contribution in [3.63, 3.8) is 0 Å². The van der Waals surface area contributed by atoms with Crippen molar-refractivity contribution in [3.8, 4) is 0 Å². The SMILES string of the molecule is Cc1ccc(/C=N/NC(=O)C2CCCN(CC(=O)Nc3cc(Cl)ccc3Cl)C2)o1. The zero-order valence-corrected chi connectivity index (χ0v) is 17.5. The lowest BCUT2D eigenvalue weighted by Gasteiger charge is -2.31. The molecule has 2 heterocycles. The van der Waals surface area contributed by atoms with Gasteiger partial charge in [0.1, 0.15) is 11.5 Å².